The second-order valence-electron chi connectivity index (χ2n) is 5.94. The van der Waals surface area contributed by atoms with Gasteiger partial charge in [0, 0.05) is 17.9 Å². The minimum Gasteiger partial charge on any atom is -0.352 e. The molecular formula is C16H22FNO. The SMILES string of the molecule is CCC1(c2ccc(F)cc2)CC(=O)NC1CC(C)C. The van der Waals surface area contributed by atoms with Gasteiger partial charge in [0.2, 0.25) is 5.91 Å². The largest absolute Gasteiger partial charge is 0.352 e. The molecule has 1 fully saturated rings. The highest BCUT2D eigenvalue weighted by molar-refractivity contribution is 5.81. The number of rotatable bonds is 4. The number of halogens is 1. The molecule has 1 N–H and O–H groups in total. The van der Waals surface area contributed by atoms with E-state index < -0.39 is 0 Å². The van der Waals surface area contributed by atoms with Gasteiger partial charge in [0.05, 0.1) is 0 Å². The number of hydrogen-bond acceptors (Lipinski definition) is 1. The van der Waals surface area contributed by atoms with E-state index in [9.17, 15) is 9.18 Å². The lowest BCUT2D eigenvalue weighted by Crippen LogP contribution is -2.41. The molecular weight excluding hydrogens is 241 g/mol. The Bertz CT molecular complexity index is 454. The van der Waals surface area contributed by atoms with Crippen LogP contribution in [0.1, 0.15) is 45.6 Å². The summed E-state index contributed by atoms with van der Waals surface area (Å²) in [4.78, 5) is 11.9. The van der Waals surface area contributed by atoms with E-state index in [-0.39, 0.29) is 23.2 Å². The van der Waals surface area contributed by atoms with Crippen LogP contribution in [0, 0.1) is 11.7 Å². The van der Waals surface area contributed by atoms with Crippen molar-refractivity contribution in [3.8, 4) is 0 Å². The maximum absolute atomic E-state index is 13.1. The van der Waals surface area contributed by atoms with Crippen molar-refractivity contribution in [3.05, 3.63) is 35.6 Å². The topological polar surface area (TPSA) is 29.1 Å². The third-order valence-corrected chi connectivity index (χ3v) is 4.24. The molecule has 0 aromatic heterocycles. The fourth-order valence-corrected chi connectivity index (χ4v) is 3.21. The average Bonchev–Trinajstić information content (AvgIpc) is 2.66. The van der Waals surface area contributed by atoms with Gasteiger partial charge in [-0.2, -0.15) is 0 Å². The number of carbonyl (C=O) groups is 1. The maximum Gasteiger partial charge on any atom is 0.221 e. The van der Waals surface area contributed by atoms with E-state index in [2.05, 4.69) is 26.1 Å². The lowest BCUT2D eigenvalue weighted by molar-refractivity contribution is -0.119. The quantitative estimate of drug-likeness (QED) is 0.886. The number of carbonyl (C=O) groups excluding carboxylic acids is 1. The summed E-state index contributed by atoms with van der Waals surface area (Å²) in [5.41, 5.74) is 0.884. The zero-order valence-electron chi connectivity index (χ0n) is 11.9. The molecule has 104 valence electrons. The normalized spacial score (nSPS) is 26.8. The van der Waals surface area contributed by atoms with Gasteiger partial charge in [0.25, 0.3) is 0 Å². The van der Waals surface area contributed by atoms with Crippen molar-refractivity contribution in [3.63, 3.8) is 0 Å². The molecule has 1 aromatic carbocycles. The Balaban J connectivity index is 2.38. The van der Waals surface area contributed by atoms with Crippen LogP contribution in [-0.2, 0) is 10.2 Å². The van der Waals surface area contributed by atoms with Crippen molar-refractivity contribution in [2.45, 2.75) is 51.5 Å². The van der Waals surface area contributed by atoms with E-state index in [1.165, 1.54) is 12.1 Å². The van der Waals surface area contributed by atoms with Gasteiger partial charge in [-0.15, -0.1) is 0 Å². The first kappa shape index (κ1) is 14.0. The molecule has 0 aliphatic carbocycles. The van der Waals surface area contributed by atoms with E-state index in [4.69, 9.17) is 0 Å². The van der Waals surface area contributed by atoms with Gasteiger partial charge in [-0.3, -0.25) is 4.79 Å². The Morgan fingerprint density at radius 3 is 2.53 bits per heavy atom. The van der Waals surface area contributed by atoms with Gasteiger partial charge >= 0.3 is 0 Å². The van der Waals surface area contributed by atoms with Crippen LogP contribution in [0.4, 0.5) is 4.39 Å². The first-order valence-electron chi connectivity index (χ1n) is 7.03. The molecule has 1 aliphatic heterocycles. The number of amides is 1. The van der Waals surface area contributed by atoms with Crippen LogP contribution in [0.2, 0.25) is 0 Å². The smallest absolute Gasteiger partial charge is 0.221 e. The molecule has 2 atom stereocenters. The van der Waals surface area contributed by atoms with E-state index >= 15 is 0 Å². The molecule has 3 heteroatoms. The molecule has 1 aliphatic rings. The van der Waals surface area contributed by atoms with Crippen molar-refractivity contribution >= 4 is 5.91 Å². The molecule has 0 bridgehead atoms. The van der Waals surface area contributed by atoms with E-state index in [1.54, 1.807) is 0 Å². The minimum absolute atomic E-state index is 0.108. The van der Waals surface area contributed by atoms with Crippen LogP contribution in [0.15, 0.2) is 24.3 Å². The molecule has 0 spiro atoms. The summed E-state index contributed by atoms with van der Waals surface area (Å²) < 4.78 is 13.1. The van der Waals surface area contributed by atoms with Crippen LogP contribution in [0.3, 0.4) is 0 Å². The van der Waals surface area contributed by atoms with Crippen molar-refractivity contribution in [2.24, 2.45) is 5.92 Å². The molecule has 2 rings (SSSR count). The average molecular weight is 263 g/mol. The zero-order chi connectivity index (χ0) is 14.0. The van der Waals surface area contributed by atoms with Crippen molar-refractivity contribution < 1.29 is 9.18 Å². The minimum atomic E-state index is -0.229. The third-order valence-electron chi connectivity index (χ3n) is 4.24. The highest BCUT2D eigenvalue weighted by atomic mass is 19.1. The van der Waals surface area contributed by atoms with Crippen LogP contribution < -0.4 is 5.32 Å². The summed E-state index contributed by atoms with van der Waals surface area (Å²) in [6.45, 7) is 6.43. The summed E-state index contributed by atoms with van der Waals surface area (Å²) in [7, 11) is 0. The summed E-state index contributed by atoms with van der Waals surface area (Å²) in [5, 5.41) is 3.11. The van der Waals surface area contributed by atoms with Crippen LogP contribution in [0.5, 0.6) is 0 Å². The van der Waals surface area contributed by atoms with E-state index in [0.29, 0.717) is 12.3 Å². The highest BCUT2D eigenvalue weighted by Crippen LogP contribution is 2.41. The van der Waals surface area contributed by atoms with Gasteiger partial charge in [0.1, 0.15) is 5.82 Å². The Kier molecular flexibility index (Phi) is 3.93. The van der Waals surface area contributed by atoms with Gasteiger partial charge in [0.15, 0.2) is 0 Å². The Hall–Kier alpha value is -1.38. The van der Waals surface area contributed by atoms with Gasteiger partial charge in [-0.1, -0.05) is 32.9 Å². The Morgan fingerprint density at radius 2 is 2.00 bits per heavy atom. The molecule has 2 unspecified atom stereocenters. The number of hydrogen-bond donors (Lipinski definition) is 1. The van der Waals surface area contributed by atoms with Crippen molar-refractivity contribution in [2.75, 3.05) is 0 Å². The molecule has 19 heavy (non-hydrogen) atoms. The van der Waals surface area contributed by atoms with E-state index in [1.807, 2.05) is 12.1 Å². The standard InChI is InChI=1S/C16H22FNO/c1-4-16(12-5-7-13(17)8-6-12)10-15(19)18-14(16)9-11(2)3/h5-8,11,14H,4,9-10H2,1-3H3,(H,18,19). The fourth-order valence-electron chi connectivity index (χ4n) is 3.21. The number of benzene rings is 1. The lowest BCUT2D eigenvalue weighted by Gasteiger charge is -2.35. The second-order valence-corrected chi connectivity index (χ2v) is 5.94. The van der Waals surface area contributed by atoms with Crippen molar-refractivity contribution in [1.82, 2.24) is 5.32 Å². The summed E-state index contributed by atoms with van der Waals surface area (Å²) in [5.74, 6) is 0.402. The predicted molar refractivity (Wildman–Crippen MR) is 74.4 cm³/mol. The van der Waals surface area contributed by atoms with Gasteiger partial charge < -0.3 is 5.32 Å². The molecule has 2 nitrogen and oxygen atoms in total. The van der Waals surface area contributed by atoms with Crippen LogP contribution in [0.25, 0.3) is 0 Å². The summed E-state index contributed by atoms with van der Waals surface area (Å²) in [6, 6.07) is 6.78. The number of nitrogens with one attached hydrogen (secondary N) is 1. The predicted octanol–water partition coefficient (Wildman–Crippen LogP) is 3.41. The Morgan fingerprint density at radius 1 is 1.37 bits per heavy atom. The fraction of sp³-hybridized carbons (Fsp3) is 0.562. The monoisotopic (exact) mass is 263 g/mol. The van der Waals surface area contributed by atoms with Gasteiger partial charge in [-0.25, -0.2) is 4.39 Å². The molecule has 0 radical (unpaired) electrons. The Labute approximate surface area is 114 Å². The summed E-state index contributed by atoms with van der Waals surface area (Å²) >= 11 is 0. The third kappa shape index (κ3) is 2.65. The molecule has 1 heterocycles. The first-order chi connectivity index (χ1) is 8.98. The maximum atomic E-state index is 13.1. The molecule has 1 saturated heterocycles. The van der Waals surface area contributed by atoms with Crippen molar-refractivity contribution in [1.29, 1.82) is 0 Å². The second kappa shape index (κ2) is 5.32. The van der Waals surface area contributed by atoms with Crippen LogP contribution in [-0.4, -0.2) is 11.9 Å². The van der Waals surface area contributed by atoms with Crippen LogP contribution >= 0.6 is 0 Å². The first-order valence-corrected chi connectivity index (χ1v) is 7.03. The highest BCUT2D eigenvalue weighted by Gasteiger charge is 2.46. The lowest BCUT2D eigenvalue weighted by atomic mass is 9.70. The van der Waals surface area contributed by atoms with Gasteiger partial charge in [-0.05, 0) is 36.5 Å². The zero-order valence-corrected chi connectivity index (χ0v) is 11.9. The summed E-state index contributed by atoms with van der Waals surface area (Å²) in [6.07, 6.45) is 2.35. The molecule has 1 amide bonds. The van der Waals surface area contributed by atoms with E-state index in [0.717, 1.165) is 18.4 Å². The molecule has 0 saturated carbocycles. The molecule has 1 aromatic rings.